The number of nitrogens with one attached hydrogen (secondary N) is 2. The fraction of sp³-hybridized carbons (Fsp3) is 0.667. The minimum Gasteiger partial charge on any atom is -0.335 e. The van der Waals surface area contributed by atoms with Crippen molar-refractivity contribution in [1.82, 2.24) is 20.5 Å². The van der Waals surface area contributed by atoms with Crippen LogP contribution in [0.3, 0.4) is 0 Å². The summed E-state index contributed by atoms with van der Waals surface area (Å²) in [7, 11) is 0. The molecule has 148 valence electrons. The number of urea groups is 1. The Morgan fingerprint density at radius 3 is 2.59 bits per heavy atom. The number of hydrogen-bond donors (Lipinski definition) is 2. The lowest BCUT2D eigenvalue weighted by Crippen LogP contribution is -2.53. The van der Waals surface area contributed by atoms with E-state index in [9.17, 15) is 9.59 Å². The van der Waals surface area contributed by atoms with E-state index in [2.05, 4.69) is 26.6 Å². The van der Waals surface area contributed by atoms with Gasteiger partial charge < -0.3 is 5.32 Å². The Morgan fingerprint density at radius 1 is 1.19 bits per heavy atom. The van der Waals surface area contributed by atoms with E-state index < -0.39 is 0 Å². The molecule has 1 aliphatic carbocycles. The van der Waals surface area contributed by atoms with Gasteiger partial charge in [0.25, 0.3) is 0 Å². The highest BCUT2D eigenvalue weighted by Gasteiger charge is 2.28. The van der Waals surface area contributed by atoms with Crippen LogP contribution >= 0.6 is 0 Å². The summed E-state index contributed by atoms with van der Waals surface area (Å²) in [6, 6.07) is 3.70. The molecule has 1 aromatic heterocycles. The van der Waals surface area contributed by atoms with Crippen molar-refractivity contribution in [1.29, 1.82) is 0 Å². The van der Waals surface area contributed by atoms with Crippen molar-refractivity contribution in [3.8, 4) is 0 Å². The predicted molar refractivity (Wildman–Crippen MR) is 105 cm³/mol. The van der Waals surface area contributed by atoms with Gasteiger partial charge in [0.1, 0.15) is 0 Å². The first-order valence-electron chi connectivity index (χ1n) is 10.4. The van der Waals surface area contributed by atoms with E-state index in [1.54, 1.807) is 6.20 Å². The second kappa shape index (κ2) is 9.83. The van der Waals surface area contributed by atoms with Crippen molar-refractivity contribution >= 4 is 11.9 Å². The number of carbonyl (C=O) groups excluding carboxylic acids is 2. The summed E-state index contributed by atoms with van der Waals surface area (Å²) in [6.07, 6.45) is 12.5. The van der Waals surface area contributed by atoms with Crippen LogP contribution in [-0.4, -0.2) is 47.0 Å². The summed E-state index contributed by atoms with van der Waals surface area (Å²) in [6.45, 7) is 3.68. The van der Waals surface area contributed by atoms with E-state index in [1.807, 2.05) is 19.2 Å². The number of piperidine rings is 1. The van der Waals surface area contributed by atoms with E-state index in [1.165, 1.54) is 12.0 Å². The van der Waals surface area contributed by atoms with Crippen molar-refractivity contribution in [2.75, 3.05) is 13.1 Å². The van der Waals surface area contributed by atoms with Gasteiger partial charge in [0.05, 0.1) is 6.04 Å². The third-order valence-electron chi connectivity index (χ3n) is 6.00. The van der Waals surface area contributed by atoms with Gasteiger partial charge in [-0.2, -0.15) is 0 Å². The lowest BCUT2D eigenvalue weighted by Gasteiger charge is -2.35. The summed E-state index contributed by atoms with van der Waals surface area (Å²) >= 11 is 0. The minimum absolute atomic E-state index is 0.200. The maximum atomic E-state index is 12.4. The molecule has 2 fully saturated rings. The molecule has 0 spiro atoms. The Hall–Kier alpha value is -1.95. The van der Waals surface area contributed by atoms with Crippen LogP contribution in [0.5, 0.6) is 0 Å². The summed E-state index contributed by atoms with van der Waals surface area (Å²) < 4.78 is 0. The van der Waals surface area contributed by atoms with Crippen molar-refractivity contribution < 1.29 is 9.59 Å². The lowest BCUT2D eigenvalue weighted by atomic mass is 9.90. The first-order valence-corrected chi connectivity index (χ1v) is 10.4. The van der Waals surface area contributed by atoms with Crippen molar-refractivity contribution in [2.45, 2.75) is 70.4 Å². The van der Waals surface area contributed by atoms with Gasteiger partial charge >= 0.3 is 6.03 Å². The standard InChI is InChI=1S/C21H32N4O2/c1-16(20(26)24-21(27)23-19-7-3-2-4-8-19)25-12-9-17(10-13-25)14-18-6-5-11-22-15-18/h5-6,11,15-17,19H,2-4,7-10,12-14H2,1H3,(H2,23,24,26,27). The second-order valence-electron chi connectivity index (χ2n) is 8.02. The van der Waals surface area contributed by atoms with Crippen LogP contribution in [0.15, 0.2) is 24.5 Å². The molecule has 0 bridgehead atoms. The van der Waals surface area contributed by atoms with Gasteiger partial charge in [0, 0.05) is 18.4 Å². The van der Waals surface area contributed by atoms with Gasteiger partial charge in [0.15, 0.2) is 0 Å². The van der Waals surface area contributed by atoms with Crippen LogP contribution in [-0.2, 0) is 11.2 Å². The fourth-order valence-corrected chi connectivity index (χ4v) is 4.25. The largest absolute Gasteiger partial charge is 0.335 e. The molecule has 1 atom stereocenters. The third kappa shape index (κ3) is 6.03. The smallest absolute Gasteiger partial charge is 0.321 e. The fourth-order valence-electron chi connectivity index (χ4n) is 4.25. The molecule has 1 aromatic rings. The minimum atomic E-state index is -0.342. The molecule has 1 aliphatic heterocycles. The normalized spacial score (nSPS) is 20.8. The quantitative estimate of drug-likeness (QED) is 0.833. The van der Waals surface area contributed by atoms with Crippen molar-refractivity contribution in [2.24, 2.45) is 5.92 Å². The molecular weight excluding hydrogens is 340 g/mol. The van der Waals surface area contributed by atoms with E-state index in [0.717, 1.165) is 58.0 Å². The highest BCUT2D eigenvalue weighted by Crippen LogP contribution is 2.22. The Bertz CT molecular complexity index is 608. The van der Waals surface area contributed by atoms with Gasteiger partial charge in [-0.05, 0) is 69.7 Å². The number of rotatable bonds is 5. The zero-order valence-electron chi connectivity index (χ0n) is 16.3. The van der Waals surface area contributed by atoms with Crippen LogP contribution in [0, 0.1) is 5.92 Å². The monoisotopic (exact) mass is 372 g/mol. The van der Waals surface area contributed by atoms with Gasteiger partial charge in [0.2, 0.25) is 5.91 Å². The number of carbonyl (C=O) groups is 2. The number of likely N-dealkylation sites (tertiary alicyclic amines) is 1. The maximum absolute atomic E-state index is 12.4. The molecule has 3 amide bonds. The Labute approximate surface area is 162 Å². The Kier molecular flexibility index (Phi) is 7.21. The highest BCUT2D eigenvalue weighted by atomic mass is 16.2. The first-order chi connectivity index (χ1) is 13.1. The molecule has 27 heavy (non-hydrogen) atoms. The third-order valence-corrected chi connectivity index (χ3v) is 6.00. The zero-order chi connectivity index (χ0) is 19.1. The number of pyridine rings is 1. The average molecular weight is 373 g/mol. The molecule has 6 heteroatoms. The van der Waals surface area contributed by atoms with E-state index in [-0.39, 0.29) is 24.0 Å². The van der Waals surface area contributed by atoms with E-state index in [0.29, 0.717) is 5.92 Å². The van der Waals surface area contributed by atoms with Crippen molar-refractivity contribution in [3.05, 3.63) is 30.1 Å². The molecule has 1 unspecified atom stereocenters. The molecular formula is C21H32N4O2. The lowest BCUT2D eigenvalue weighted by molar-refractivity contribution is -0.125. The summed E-state index contributed by atoms with van der Waals surface area (Å²) in [5.74, 6) is 0.435. The number of aromatic nitrogens is 1. The highest BCUT2D eigenvalue weighted by molar-refractivity contribution is 5.96. The van der Waals surface area contributed by atoms with Crippen LogP contribution in [0.25, 0.3) is 0 Å². The first kappa shape index (κ1) is 19.8. The molecule has 1 saturated heterocycles. The van der Waals surface area contributed by atoms with Crippen LogP contribution in [0.2, 0.25) is 0 Å². The van der Waals surface area contributed by atoms with Gasteiger partial charge in [-0.15, -0.1) is 0 Å². The number of hydrogen-bond acceptors (Lipinski definition) is 4. The predicted octanol–water partition coefficient (Wildman–Crippen LogP) is 2.88. The number of amides is 3. The SMILES string of the molecule is CC(C(=O)NC(=O)NC1CCCCC1)N1CCC(Cc2cccnc2)CC1. The van der Waals surface area contributed by atoms with Crippen LogP contribution in [0.4, 0.5) is 4.79 Å². The topological polar surface area (TPSA) is 74.3 Å². The van der Waals surface area contributed by atoms with Crippen molar-refractivity contribution in [3.63, 3.8) is 0 Å². The van der Waals surface area contributed by atoms with Gasteiger partial charge in [-0.3, -0.25) is 20.0 Å². The van der Waals surface area contributed by atoms with E-state index in [4.69, 9.17) is 0 Å². The molecule has 1 saturated carbocycles. The summed E-state index contributed by atoms with van der Waals surface area (Å²) in [4.78, 5) is 30.9. The molecule has 2 aliphatic rings. The molecule has 2 N–H and O–H groups in total. The maximum Gasteiger partial charge on any atom is 0.321 e. The van der Waals surface area contributed by atoms with E-state index >= 15 is 0 Å². The average Bonchev–Trinajstić information content (AvgIpc) is 2.69. The van der Waals surface area contributed by atoms with Crippen LogP contribution < -0.4 is 10.6 Å². The number of imide groups is 1. The second-order valence-corrected chi connectivity index (χ2v) is 8.02. The molecule has 3 rings (SSSR count). The summed E-state index contributed by atoms with van der Waals surface area (Å²) in [5, 5.41) is 5.48. The molecule has 2 heterocycles. The Morgan fingerprint density at radius 2 is 1.93 bits per heavy atom. The molecule has 6 nitrogen and oxygen atoms in total. The molecule has 0 aromatic carbocycles. The zero-order valence-corrected chi connectivity index (χ0v) is 16.3. The number of nitrogens with zero attached hydrogens (tertiary/aromatic N) is 2. The van der Waals surface area contributed by atoms with Crippen LogP contribution in [0.1, 0.15) is 57.4 Å². The Balaban J connectivity index is 1.39. The molecule has 0 radical (unpaired) electrons. The van der Waals surface area contributed by atoms with Gasteiger partial charge in [-0.25, -0.2) is 4.79 Å². The summed E-state index contributed by atoms with van der Waals surface area (Å²) in [5.41, 5.74) is 1.28. The van der Waals surface area contributed by atoms with Gasteiger partial charge in [-0.1, -0.05) is 25.3 Å².